The average molecular weight is 279 g/mol. The predicted molar refractivity (Wildman–Crippen MR) is 70.6 cm³/mol. The molecule has 108 valence electrons. The number of hydrogen-bond donors (Lipinski definition) is 0. The van der Waals surface area contributed by atoms with Gasteiger partial charge in [-0.3, -0.25) is 4.79 Å². The Morgan fingerprint density at radius 3 is 2.85 bits per heavy atom. The second kappa shape index (κ2) is 5.89. The van der Waals surface area contributed by atoms with Crippen molar-refractivity contribution in [2.45, 2.75) is 25.0 Å². The van der Waals surface area contributed by atoms with Crippen LogP contribution < -0.4 is 0 Å². The van der Waals surface area contributed by atoms with Gasteiger partial charge >= 0.3 is 0 Å². The number of hydrogen-bond acceptors (Lipinski definition) is 3. The summed E-state index contributed by atoms with van der Waals surface area (Å²) in [5.74, 6) is -0.281. The van der Waals surface area contributed by atoms with Crippen molar-refractivity contribution >= 4 is 5.91 Å². The Hall–Kier alpha value is -1.46. The number of nitrogens with zero attached hydrogens (tertiary/aromatic N) is 1. The van der Waals surface area contributed by atoms with Crippen molar-refractivity contribution in [3.8, 4) is 0 Å². The van der Waals surface area contributed by atoms with Crippen LogP contribution in [-0.4, -0.2) is 43.2 Å². The lowest BCUT2D eigenvalue weighted by molar-refractivity contribution is -0.148. The molecule has 0 aliphatic carbocycles. The zero-order valence-corrected chi connectivity index (χ0v) is 11.3. The number of carbonyl (C=O) groups is 1. The van der Waals surface area contributed by atoms with Gasteiger partial charge in [0.25, 0.3) is 5.91 Å². The molecule has 0 saturated carbocycles. The summed E-state index contributed by atoms with van der Waals surface area (Å²) < 4.78 is 24.8. The van der Waals surface area contributed by atoms with Crippen LogP contribution >= 0.6 is 0 Å². The topological polar surface area (TPSA) is 38.8 Å². The molecule has 3 rings (SSSR count). The molecule has 1 amide bonds. The monoisotopic (exact) mass is 279 g/mol. The number of ether oxygens (including phenoxy) is 2. The van der Waals surface area contributed by atoms with E-state index >= 15 is 0 Å². The van der Waals surface area contributed by atoms with Gasteiger partial charge in [-0.2, -0.15) is 0 Å². The summed E-state index contributed by atoms with van der Waals surface area (Å²) in [6.07, 6.45) is 0.988. The van der Waals surface area contributed by atoms with Crippen molar-refractivity contribution in [3.05, 3.63) is 35.6 Å². The van der Waals surface area contributed by atoms with Gasteiger partial charge < -0.3 is 14.4 Å². The van der Waals surface area contributed by atoms with Gasteiger partial charge in [-0.15, -0.1) is 0 Å². The van der Waals surface area contributed by atoms with E-state index in [1.165, 1.54) is 6.07 Å². The zero-order chi connectivity index (χ0) is 13.9. The summed E-state index contributed by atoms with van der Waals surface area (Å²) in [6.45, 7) is 2.01. The minimum atomic E-state index is -0.393. The first-order valence-electron chi connectivity index (χ1n) is 7.02. The summed E-state index contributed by atoms with van der Waals surface area (Å²) in [4.78, 5) is 14.0. The van der Waals surface area contributed by atoms with Crippen LogP contribution in [0.3, 0.4) is 0 Å². The van der Waals surface area contributed by atoms with Crippen molar-refractivity contribution in [1.82, 2.24) is 4.90 Å². The maximum atomic E-state index is 13.8. The maximum Gasteiger partial charge on any atom is 0.251 e. The van der Waals surface area contributed by atoms with E-state index in [9.17, 15) is 9.18 Å². The quantitative estimate of drug-likeness (QED) is 0.830. The standard InChI is InChI=1S/C15H18FNO3/c16-12-5-2-1-4-11(12)14-10-17(7-9-20-14)15(18)13-6-3-8-19-13/h1-2,4-5,13-14H,3,6-10H2. The molecule has 2 fully saturated rings. The van der Waals surface area contributed by atoms with Crippen LogP contribution in [0.5, 0.6) is 0 Å². The largest absolute Gasteiger partial charge is 0.370 e. The fraction of sp³-hybridized carbons (Fsp3) is 0.533. The van der Waals surface area contributed by atoms with Crippen LogP contribution in [0.25, 0.3) is 0 Å². The van der Waals surface area contributed by atoms with Gasteiger partial charge in [0, 0.05) is 18.7 Å². The molecule has 1 aromatic carbocycles. The first kappa shape index (κ1) is 13.5. The highest BCUT2D eigenvalue weighted by atomic mass is 19.1. The van der Waals surface area contributed by atoms with E-state index in [0.29, 0.717) is 31.9 Å². The first-order valence-corrected chi connectivity index (χ1v) is 7.02. The highest BCUT2D eigenvalue weighted by molar-refractivity contribution is 5.81. The van der Waals surface area contributed by atoms with Crippen LogP contribution in [0.1, 0.15) is 24.5 Å². The van der Waals surface area contributed by atoms with Crippen molar-refractivity contribution in [2.75, 3.05) is 26.3 Å². The molecular formula is C15H18FNO3. The summed E-state index contributed by atoms with van der Waals surface area (Å²) in [5, 5.41) is 0. The van der Waals surface area contributed by atoms with Crippen LogP contribution in [-0.2, 0) is 14.3 Å². The second-order valence-corrected chi connectivity index (χ2v) is 5.17. The molecule has 2 atom stereocenters. The summed E-state index contributed by atoms with van der Waals surface area (Å²) in [5.41, 5.74) is 0.511. The fourth-order valence-corrected chi connectivity index (χ4v) is 2.75. The Labute approximate surface area is 117 Å². The third-order valence-electron chi connectivity index (χ3n) is 3.84. The normalized spacial score (nSPS) is 26.8. The molecule has 2 aliphatic heterocycles. The van der Waals surface area contributed by atoms with Crippen LogP contribution in [0.4, 0.5) is 4.39 Å². The highest BCUT2D eigenvalue weighted by Crippen LogP contribution is 2.26. The molecule has 2 unspecified atom stereocenters. The second-order valence-electron chi connectivity index (χ2n) is 5.17. The molecule has 2 heterocycles. The van der Waals surface area contributed by atoms with Gasteiger partial charge in [-0.1, -0.05) is 18.2 Å². The third kappa shape index (κ3) is 2.69. The van der Waals surface area contributed by atoms with E-state index in [1.807, 2.05) is 0 Å². The number of benzene rings is 1. The number of halogens is 1. The highest BCUT2D eigenvalue weighted by Gasteiger charge is 2.32. The van der Waals surface area contributed by atoms with E-state index in [4.69, 9.17) is 9.47 Å². The zero-order valence-electron chi connectivity index (χ0n) is 11.3. The average Bonchev–Trinajstić information content (AvgIpc) is 3.01. The molecule has 0 radical (unpaired) electrons. The van der Waals surface area contributed by atoms with E-state index in [2.05, 4.69) is 0 Å². The van der Waals surface area contributed by atoms with Crippen LogP contribution in [0, 0.1) is 5.82 Å². The number of carbonyl (C=O) groups excluding carboxylic acids is 1. The molecule has 2 aliphatic rings. The predicted octanol–water partition coefficient (Wildman–Crippen LogP) is 1.90. The number of amides is 1. The first-order chi connectivity index (χ1) is 9.75. The number of rotatable bonds is 2. The van der Waals surface area contributed by atoms with Gasteiger partial charge in [0.15, 0.2) is 0 Å². The lowest BCUT2D eigenvalue weighted by Gasteiger charge is -2.34. The SMILES string of the molecule is O=C(C1CCCO1)N1CCOC(c2ccccc2F)C1. The minimum absolute atomic E-state index is 0.00661. The molecule has 0 bridgehead atoms. The van der Waals surface area contributed by atoms with E-state index in [-0.39, 0.29) is 17.8 Å². The van der Waals surface area contributed by atoms with Crippen LogP contribution in [0.2, 0.25) is 0 Å². The maximum absolute atomic E-state index is 13.8. The van der Waals surface area contributed by atoms with E-state index in [0.717, 1.165) is 12.8 Å². The lowest BCUT2D eigenvalue weighted by atomic mass is 10.1. The van der Waals surface area contributed by atoms with E-state index in [1.54, 1.807) is 23.1 Å². The fourth-order valence-electron chi connectivity index (χ4n) is 2.75. The minimum Gasteiger partial charge on any atom is -0.370 e. The Morgan fingerprint density at radius 2 is 2.10 bits per heavy atom. The molecular weight excluding hydrogens is 261 g/mol. The Kier molecular flexibility index (Phi) is 3.98. The van der Waals surface area contributed by atoms with Gasteiger partial charge in [0.05, 0.1) is 13.2 Å². The Balaban J connectivity index is 1.70. The van der Waals surface area contributed by atoms with Gasteiger partial charge in [0.2, 0.25) is 0 Å². The molecule has 0 N–H and O–H groups in total. The Morgan fingerprint density at radius 1 is 1.25 bits per heavy atom. The molecule has 20 heavy (non-hydrogen) atoms. The summed E-state index contributed by atoms with van der Waals surface area (Å²) in [6, 6.07) is 6.55. The van der Waals surface area contributed by atoms with Gasteiger partial charge in [0.1, 0.15) is 18.0 Å². The summed E-state index contributed by atoms with van der Waals surface area (Å²) >= 11 is 0. The molecule has 0 spiro atoms. The van der Waals surface area contributed by atoms with Crippen molar-refractivity contribution in [2.24, 2.45) is 0 Å². The van der Waals surface area contributed by atoms with Crippen molar-refractivity contribution < 1.29 is 18.7 Å². The van der Waals surface area contributed by atoms with Gasteiger partial charge in [-0.05, 0) is 18.9 Å². The molecule has 5 heteroatoms. The number of morpholine rings is 1. The lowest BCUT2D eigenvalue weighted by Crippen LogP contribution is -2.46. The van der Waals surface area contributed by atoms with Crippen molar-refractivity contribution in [1.29, 1.82) is 0 Å². The van der Waals surface area contributed by atoms with E-state index < -0.39 is 6.10 Å². The molecule has 0 aromatic heterocycles. The third-order valence-corrected chi connectivity index (χ3v) is 3.84. The smallest absolute Gasteiger partial charge is 0.251 e. The summed E-state index contributed by atoms with van der Waals surface area (Å²) in [7, 11) is 0. The van der Waals surface area contributed by atoms with Crippen molar-refractivity contribution in [3.63, 3.8) is 0 Å². The van der Waals surface area contributed by atoms with Crippen LogP contribution in [0.15, 0.2) is 24.3 Å². The Bertz CT molecular complexity index is 488. The molecule has 2 saturated heterocycles. The van der Waals surface area contributed by atoms with Gasteiger partial charge in [-0.25, -0.2) is 4.39 Å². The molecule has 1 aromatic rings. The molecule has 4 nitrogen and oxygen atoms in total.